The van der Waals surface area contributed by atoms with Crippen LogP contribution in [0.3, 0.4) is 0 Å². The second kappa shape index (κ2) is 3.90. The summed E-state index contributed by atoms with van der Waals surface area (Å²) >= 11 is 0. The van der Waals surface area contributed by atoms with Gasteiger partial charge in [-0.3, -0.25) is 0 Å². The van der Waals surface area contributed by atoms with Gasteiger partial charge in [-0.05, 0) is 30.5 Å². The average Bonchev–Trinajstić information content (AvgIpc) is 2.19. The summed E-state index contributed by atoms with van der Waals surface area (Å²) in [5.41, 5.74) is 8.29. The Kier molecular flexibility index (Phi) is 2.62. The monoisotopic (exact) mass is 177 g/mol. The Labute approximate surface area is 78.7 Å². The fourth-order valence-electron chi connectivity index (χ4n) is 1.87. The van der Waals surface area contributed by atoms with E-state index in [0.717, 1.165) is 19.4 Å². The lowest BCUT2D eigenvalue weighted by Crippen LogP contribution is -2.18. The molecular weight excluding hydrogens is 162 g/mol. The number of hydrogen-bond acceptors (Lipinski definition) is 2. The summed E-state index contributed by atoms with van der Waals surface area (Å²) in [5.74, 6) is 0. The number of fused-ring (bicyclic) bond motifs is 1. The van der Waals surface area contributed by atoms with Gasteiger partial charge in [-0.25, -0.2) is 0 Å². The van der Waals surface area contributed by atoms with Crippen LogP contribution in [0.15, 0.2) is 24.3 Å². The van der Waals surface area contributed by atoms with E-state index in [-0.39, 0.29) is 6.10 Å². The molecule has 2 heteroatoms. The molecule has 2 N–H and O–H groups in total. The minimum atomic E-state index is 0.231. The predicted octanol–water partition coefficient (Wildman–Crippen LogP) is 1.65. The summed E-state index contributed by atoms with van der Waals surface area (Å²) in [6, 6.07) is 8.48. The van der Waals surface area contributed by atoms with E-state index in [1.165, 1.54) is 11.1 Å². The second-order valence-corrected chi connectivity index (χ2v) is 3.39. The van der Waals surface area contributed by atoms with Gasteiger partial charge >= 0.3 is 0 Å². The Balaban J connectivity index is 2.26. The average molecular weight is 177 g/mol. The van der Waals surface area contributed by atoms with Gasteiger partial charge in [0.25, 0.3) is 0 Å². The first-order valence-corrected chi connectivity index (χ1v) is 4.81. The topological polar surface area (TPSA) is 35.2 Å². The van der Waals surface area contributed by atoms with Crippen LogP contribution in [-0.2, 0) is 11.2 Å². The van der Waals surface area contributed by atoms with Crippen LogP contribution in [0.25, 0.3) is 0 Å². The van der Waals surface area contributed by atoms with Crippen LogP contribution in [0.1, 0.15) is 23.7 Å². The molecule has 1 unspecified atom stereocenters. The fourth-order valence-corrected chi connectivity index (χ4v) is 1.87. The molecule has 1 aliphatic rings. The van der Waals surface area contributed by atoms with Gasteiger partial charge in [0.15, 0.2) is 0 Å². The van der Waals surface area contributed by atoms with Gasteiger partial charge in [0.1, 0.15) is 0 Å². The highest BCUT2D eigenvalue weighted by atomic mass is 16.5. The second-order valence-electron chi connectivity index (χ2n) is 3.39. The van der Waals surface area contributed by atoms with Crippen molar-refractivity contribution >= 4 is 0 Å². The van der Waals surface area contributed by atoms with E-state index in [9.17, 15) is 0 Å². The van der Waals surface area contributed by atoms with Crippen LogP contribution in [0.2, 0.25) is 0 Å². The minimum Gasteiger partial charge on any atom is -0.373 e. The summed E-state index contributed by atoms with van der Waals surface area (Å²) in [5, 5.41) is 0. The molecule has 0 saturated carbocycles. The Morgan fingerprint density at radius 3 is 3.08 bits per heavy atom. The summed E-state index contributed by atoms with van der Waals surface area (Å²) in [7, 11) is 0. The Morgan fingerprint density at radius 1 is 1.38 bits per heavy atom. The van der Waals surface area contributed by atoms with Gasteiger partial charge in [0.05, 0.1) is 12.7 Å². The van der Waals surface area contributed by atoms with E-state index >= 15 is 0 Å². The number of nitrogens with two attached hydrogens (primary N) is 1. The van der Waals surface area contributed by atoms with E-state index in [4.69, 9.17) is 10.5 Å². The molecule has 0 radical (unpaired) electrons. The van der Waals surface area contributed by atoms with Gasteiger partial charge in [-0.2, -0.15) is 0 Å². The summed E-state index contributed by atoms with van der Waals surface area (Å²) in [4.78, 5) is 0. The molecular formula is C11H15NO. The zero-order valence-corrected chi connectivity index (χ0v) is 7.70. The molecule has 1 aromatic rings. The van der Waals surface area contributed by atoms with E-state index in [1.54, 1.807) is 0 Å². The first-order valence-electron chi connectivity index (χ1n) is 4.81. The maximum absolute atomic E-state index is 5.66. The molecule has 2 nitrogen and oxygen atoms in total. The molecule has 0 fully saturated rings. The lowest BCUT2D eigenvalue weighted by atomic mass is 9.96. The Bertz CT molecular complexity index is 285. The van der Waals surface area contributed by atoms with Crippen molar-refractivity contribution in [2.75, 3.05) is 13.2 Å². The highest BCUT2D eigenvalue weighted by molar-refractivity contribution is 5.30. The molecule has 1 heterocycles. The zero-order chi connectivity index (χ0) is 9.10. The molecule has 0 spiro atoms. The minimum absolute atomic E-state index is 0.231. The number of benzene rings is 1. The van der Waals surface area contributed by atoms with Crippen LogP contribution < -0.4 is 5.73 Å². The van der Waals surface area contributed by atoms with Crippen LogP contribution in [0, 0.1) is 0 Å². The highest BCUT2D eigenvalue weighted by Crippen LogP contribution is 2.28. The molecule has 1 aliphatic heterocycles. The third-order valence-corrected chi connectivity index (χ3v) is 2.52. The Morgan fingerprint density at radius 2 is 2.23 bits per heavy atom. The van der Waals surface area contributed by atoms with Gasteiger partial charge in [-0.15, -0.1) is 0 Å². The van der Waals surface area contributed by atoms with E-state index in [2.05, 4.69) is 24.3 Å². The molecule has 13 heavy (non-hydrogen) atoms. The van der Waals surface area contributed by atoms with Gasteiger partial charge in [-0.1, -0.05) is 24.3 Å². The summed E-state index contributed by atoms with van der Waals surface area (Å²) in [6.45, 7) is 1.53. The van der Waals surface area contributed by atoms with Crippen molar-refractivity contribution in [2.24, 2.45) is 5.73 Å². The summed E-state index contributed by atoms with van der Waals surface area (Å²) < 4.78 is 5.66. The predicted molar refractivity (Wildman–Crippen MR) is 52.5 cm³/mol. The largest absolute Gasteiger partial charge is 0.373 e. The number of hydrogen-bond donors (Lipinski definition) is 1. The van der Waals surface area contributed by atoms with Crippen LogP contribution >= 0.6 is 0 Å². The van der Waals surface area contributed by atoms with Crippen molar-refractivity contribution in [1.29, 1.82) is 0 Å². The lowest BCUT2D eigenvalue weighted by Gasteiger charge is -2.25. The molecule has 0 saturated heterocycles. The maximum atomic E-state index is 5.66. The standard InChI is InChI=1S/C11H15NO/c12-7-5-11-10-4-2-1-3-9(10)6-8-13-11/h1-4,11H,5-8,12H2. The lowest BCUT2D eigenvalue weighted by molar-refractivity contribution is 0.0383. The van der Waals surface area contributed by atoms with Crippen molar-refractivity contribution in [2.45, 2.75) is 18.9 Å². The van der Waals surface area contributed by atoms with Crippen molar-refractivity contribution in [3.63, 3.8) is 0 Å². The zero-order valence-electron chi connectivity index (χ0n) is 7.70. The first-order chi connectivity index (χ1) is 6.42. The molecule has 70 valence electrons. The SMILES string of the molecule is NCCC1OCCc2ccccc21. The molecule has 0 aromatic heterocycles. The fraction of sp³-hybridized carbons (Fsp3) is 0.455. The third kappa shape index (κ3) is 1.74. The maximum Gasteiger partial charge on any atom is 0.0839 e. The first kappa shape index (κ1) is 8.73. The van der Waals surface area contributed by atoms with Crippen molar-refractivity contribution in [3.05, 3.63) is 35.4 Å². The summed E-state index contributed by atoms with van der Waals surface area (Å²) in [6.07, 6.45) is 2.20. The van der Waals surface area contributed by atoms with Crippen LogP contribution in [-0.4, -0.2) is 13.2 Å². The van der Waals surface area contributed by atoms with Gasteiger partial charge in [0.2, 0.25) is 0 Å². The smallest absolute Gasteiger partial charge is 0.0839 e. The van der Waals surface area contributed by atoms with Crippen molar-refractivity contribution < 1.29 is 4.74 Å². The third-order valence-electron chi connectivity index (χ3n) is 2.52. The van der Waals surface area contributed by atoms with Crippen LogP contribution in [0.4, 0.5) is 0 Å². The van der Waals surface area contributed by atoms with E-state index in [0.29, 0.717) is 6.54 Å². The van der Waals surface area contributed by atoms with Crippen molar-refractivity contribution in [3.8, 4) is 0 Å². The normalized spacial score (nSPS) is 21.2. The van der Waals surface area contributed by atoms with E-state index < -0.39 is 0 Å². The molecule has 1 aromatic carbocycles. The molecule has 0 amide bonds. The van der Waals surface area contributed by atoms with E-state index in [1.807, 2.05) is 0 Å². The van der Waals surface area contributed by atoms with Crippen molar-refractivity contribution in [1.82, 2.24) is 0 Å². The van der Waals surface area contributed by atoms with Crippen LogP contribution in [0.5, 0.6) is 0 Å². The molecule has 1 atom stereocenters. The number of ether oxygens (including phenoxy) is 1. The highest BCUT2D eigenvalue weighted by Gasteiger charge is 2.18. The Hall–Kier alpha value is -0.860. The molecule has 0 bridgehead atoms. The number of rotatable bonds is 2. The van der Waals surface area contributed by atoms with Gasteiger partial charge in [0, 0.05) is 0 Å². The molecule has 2 rings (SSSR count). The van der Waals surface area contributed by atoms with Gasteiger partial charge < -0.3 is 10.5 Å². The molecule has 0 aliphatic carbocycles. The quantitative estimate of drug-likeness (QED) is 0.745.